The summed E-state index contributed by atoms with van der Waals surface area (Å²) >= 11 is 0. The molecular formula is C16H26F2N2. The van der Waals surface area contributed by atoms with E-state index in [1.54, 1.807) is 11.9 Å². The lowest BCUT2D eigenvalue weighted by Crippen LogP contribution is -2.30. The fraction of sp³-hybridized carbons (Fsp3) is 0.625. The van der Waals surface area contributed by atoms with Gasteiger partial charge in [-0.15, -0.1) is 0 Å². The van der Waals surface area contributed by atoms with Gasteiger partial charge in [0.15, 0.2) is 0 Å². The highest BCUT2D eigenvalue weighted by atomic mass is 19.3. The van der Waals surface area contributed by atoms with Gasteiger partial charge < -0.3 is 10.2 Å². The van der Waals surface area contributed by atoms with E-state index in [1.165, 1.54) is 11.1 Å². The predicted molar refractivity (Wildman–Crippen MR) is 80.3 cm³/mol. The van der Waals surface area contributed by atoms with Crippen molar-refractivity contribution in [2.24, 2.45) is 0 Å². The molecule has 1 rings (SSSR count). The average molecular weight is 284 g/mol. The summed E-state index contributed by atoms with van der Waals surface area (Å²) in [6.07, 6.45) is -0.358. The topological polar surface area (TPSA) is 15.3 Å². The minimum Gasteiger partial charge on any atom is -0.310 e. The average Bonchev–Trinajstić information content (AvgIpc) is 2.39. The highest BCUT2D eigenvalue weighted by molar-refractivity contribution is 5.24. The number of aryl methyl sites for hydroxylation is 1. The second-order valence-electron chi connectivity index (χ2n) is 5.36. The molecule has 0 saturated carbocycles. The van der Waals surface area contributed by atoms with Crippen LogP contribution in [0.2, 0.25) is 0 Å². The van der Waals surface area contributed by atoms with Crippen LogP contribution in [0.3, 0.4) is 0 Å². The van der Waals surface area contributed by atoms with E-state index in [0.29, 0.717) is 6.54 Å². The summed E-state index contributed by atoms with van der Waals surface area (Å²) in [5.41, 5.74) is 2.47. The van der Waals surface area contributed by atoms with Crippen molar-refractivity contribution in [3.63, 3.8) is 0 Å². The summed E-state index contributed by atoms with van der Waals surface area (Å²) in [6.45, 7) is 5.64. The Morgan fingerprint density at radius 2 is 1.85 bits per heavy atom. The molecule has 1 aromatic carbocycles. The summed E-state index contributed by atoms with van der Waals surface area (Å²) < 4.78 is 24.6. The predicted octanol–water partition coefficient (Wildman–Crippen LogP) is 3.62. The van der Waals surface area contributed by atoms with E-state index in [1.807, 2.05) is 0 Å². The summed E-state index contributed by atoms with van der Waals surface area (Å²) in [4.78, 5) is 1.69. The Kier molecular flexibility index (Phi) is 7.70. The Bertz CT molecular complexity index is 365. The third-order valence-corrected chi connectivity index (χ3v) is 3.37. The van der Waals surface area contributed by atoms with Crippen molar-refractivity contribution < 1.29 is 8.78 Å². The van der Waals surface area contributed by atoms with E-state index in [4.69, 9.17) is 0 Å². The van der Waals surface area contributed by atoms with Gasteiger partial charge >= 0.3 is 0 Å². The lowest BCUT2D eigenvalue weighted by Gasteiger charge is -2.23. The van der Waals surface area contributed by atoms with Crippen molar-refractivity contribution in [1.82, 2.24) is 10.2 Å². The number of alkyl halides is 2. The molecule has 0 aliphatic heterocycles. The molecule has 1 atom stereocenters. The number of hydrogen-bond donors (Lipinski definition) is 1. The smallest absolute Gasteiger partial charge is 0.251 e. The molecule has 0 spiro atoms. The van der Waals surface area contributed by atoms with Crippen LogP contribution in [0.4, 0.5) is 8.78 Å². The Morgan fingerprint density at radius 1 is 1.20 bits per heavy atom. The van der Waals surface area contributed by atoms with Crippen molar-refractivity contribution in [1.29, 1.82) is 0 Å². The van der Waals surface area contributed by atoms with E-state index < -0.39 is 6.43 Å². The molecule has 0 aromatic heterocycles. The van der Waals surface area contributed by atoms with E-state index >= 15 is 0 Å². The van der Waals surface area contributed by atoms with Crippen LogP contribution >= 0.6 is 0 Å². The van der Waals surface area contributed by atoms with Crippen LogP contribution in [0, 0.1) is 6.92 Å². The highest BCUT2D eigenvalue weighted by Crippen LogP contribution is 2.18. The van der Waals surface area contributed by atoms with Crippen LogP contribution < -0.4 is 5.32 Å². The summed E-state index contributed by atoms with van der Waals surface area (Å²) in [5.74, 6) is 0. The molecule has 0 fully saturated rings. The quantitative estimate of drug-likeness (QED) is 0.745. The zero-order chi connectivity index (χ0) is 15.0. The Balaban J connectivity index is 2.57. The van der Waals surface area contributed by atoms with Crippen LogP contribution in [-0.4, -0.2) is 38.0 Å². The van der Waals surface area contributed by atoms with Gasteiger partial charge in [0, 0.05) is 6.04 Å². The van der Waals surface area contributed by atoms with Gasteiger partial charge in [-0.3, -0.25) is 0 Å². The van der Waals surface area contributed by atoms with Crippen LogP contribution in [0.15, 0.2) is 24.3 Å². The number of rotatable bonds is 9. The summed E-state index contributed by atoms with van der Waals surface area (Å²) in [7, 11) is 1.75. The van der Waals surface area contributed by atoms with Crippen molar-refractivity contribution in [3.8, 4) is 0 Å². The SMILES string of the molecule is CCCNC(CCN(C)CC(F)F)c1ccc(C)cc1. The van der Waals surface area contributed by atoms with E-state index in [-0.39, 0.29) is 12.6 Å². The fourth-order valence-electron chi connectivity index (χ4n) is 2.18. The number of nitrogens with one attached hydrogen (secondary N) is 1. The molecule has 2 nitrogen and oxygen atoms in total. The number of nitrogens with zero attached hydrogens (tertiary/aromatic N) is 1. The normalized spacial score (nSPS) is 13.2. The molecule has 20 heavy (non-hydrogen) atoms. The van der Waals surface area contributed by atoms with Crippen molar-refractivity contribution in [2.45, 2.75) is 39.2 Å². The molecule has 1 unspecified atom stereocenters. The maximum atomic E-state index is 12.3. The Labute approximate surface area is 121 Å². The molecule has 0 bridgehead atoms. The van der Waals surface area contributed by atoms with Gasteiger partial charge in [-0.25, -0.2) is 8.78 Å². The molecule has 1 aromatic rings. The van der Waals surface area contributed by atoms with Gasteiger partial charge in [0.2, 0.25) is 0 Å². The zero-order valence-electron chi connectivity index (χ0n) is 12.7. The van der Waals surface area contributed by atoms with Gasteiger partial charge in [-0.05, 0) is 45.5 Å². The standard InChI is InChI=1S/C16H26F2N2/c1-4-10-19-15(9-11-20(3)12-16(17)18)14-7-5-13(2)6-8-14/h5-8,15-16,19H,4,9-12H2,1-3H3. The molecule has 0 heterocycles. The Morgan fingerprint density at radius 3 is 2.40 bits per heavy atom. The van der Waals surface area contributed by atoms with Crippen molar-refractivity contribution >= 4 is 0 Å². The minimum atomic E-state index is -2.26. The molecule has 0 aliphatic rings. The lowest BCUT2D eigenvalue weighted by molar-refractivity contribution is 0.0984. The summed E-state index contributed by atoms with van der Waals surface area (Å²) in [6, 6.07) is 8.67. The fourth-order valence-corrected chi connectivity index (χ4v) is 2.18. The molecule has 0 aliphatic carbocycles. The van der Waals surface area contributed by atoms with Crippen LogP contribution in [-0.2, 0) is 0 Å². The van der Waals surface area contributed by atoms with Gasteiger partial charge in [0.25, 0.3) is 6.43 Å². The first kappa shape index (κ1) is 17.1. The maximum absolute atomic E-state index is 12.3. The second kappa shape index (κ2) is 9.03. The molecule has 4 heteroatoms. The second-order valence-corrected chi connectivity index (χ2v) is 5.36. The van der Waals surface area contributed by atoms with Crippen LogP contribution in [0.25, 0.3) is 0 Å². The maximum Gasteiger partial charge on any atom is 0.251 e. The van der Waals surface area contributed by atoms with E-state index in [0.717, 1.165) is 19.4 Å². The van der Waals surface area contributed by atoms with E-state index in [2.05, 4.69) is 43.4 Å². The molecule has 1 N–H and O–H groups in total. The van der Waals surface area contributed by atoms with Crippen LogP contribution in [0.5, 0.6) is 0 Å². The number of benzene rings is 1. The van der Waals surface area contributed by atoms with Crippen LogP contribution in [0.1, 0.15) is 36.9 Å². The largest absolute Gasteiger partial charge is 0.310 e. The van der Waals surface area contributed by atoms with Crippen molar-refractivity contribution in [2.75, 3.05) is 26.7 Å². The molecule has 0 saturated heterocycles. The zero-order valence-corrected chi connectivity index (χ0v) is 12.7. The Hall–Kier alpha value is -1.00. The van der Waals surface area contributed by atoms with Gasteiger partial charge in [0.05, 0.1) is 6.54 Å². The van der Waals surface area contributed by atoms with Crippen molar-refractivity contribution in [3.05, 3.63) is 35.4 Å². The third kappa shape index (κ3) is 6.44. The highest BCUT2D eigenvalue weighted by Gasteiger charge is 2.13. The third-order valence-electron chi connectivity index (χ3n) is 3.37. The first-order chi connectivity index (χ1) is 9.52. The summed E-state index contributed by atoms with van der Waals surface area (Å²) in [5, 5.41) is 3.50. The first-order valence-corrected chi connectivity index (χ1v) is 7.29. The monoisotopic (exact) mass is 284 g/mol. The molecule has 0 radical (unpaired) electrons. The van der Waals surface area contributed by atoms with Gasteiger partial charge in [-0.1, -0.05) is 36.8 Å². The minimum absolute atomic E-state index is 0.158. The number of halogens is 2. The van der Waals surface area contributed by atoms with Gasteiger partial charge in [0.1, 0.15) is 0 Å². The van der Waals surface area contributed by atoms with Gasteiger partial charge in [-0.2, -0.15) is 0 Å². The molecule has 0 amide bonds. The molecule has 114 valence electrons. The first-order valence-electron chi connectivity index (χ1n) is 7.29. The van der Waals surface area contributed by atoms with E-state index in [9.17, 15) is 8.78 Å². The lowest BCUT2D eigenvalue weighted by atomic mass is 10.0. The number of hydrogen-bond acceptors (Lipinski definition) is 2. The molecular weight excluding hydrogens is 258 g/mol.